The van der Waals surface area contributed by atoms with Gasteiger partial charge in [-0.1, -0.05) is 161 Å². The number of hydrogen-bond donors (Lipinski definition) is 0. The molecule has 10 aromatic rings. The van der Waals surface area contributed by atoms with Crippen LogP contribution < -0.4 is 9.80 Å². The van der Waals surface area contributed by atoms with Crippen LogP contribution in [0.3, 0.4) is 0 Å². The summed E-state index contributed by atoms with van der Waals surface area (Å²) in [5.41, 5.74) is 20.9. The molecule has 12 rings (SSSR count). The van der Waals surface area contributed by atoms with Crippen molar-refractivity contribution in [2.45, 2.75) is 38.5 Å². The standard InChI is InChI=1S/C60H46N2O/c1-59(2)52-28-15-12-24-50(52)57-53(59)36-44(37-54(57)62(40-18-7-5-8-19-40)41-20-9-6-10-21-41)61(43-34-35-48-47-23-13-16-29-55(47)63-56(48)38-43)42-32-30-39(31-33-42)45-25-17-26-49-46-22-11-14-27-51(46)60(3,4)58(45)49/h5-38H,1-4H3. The van der Waals surface area contributed by atoms with E-state index in [1.54, 1.807) is 0 Å². The van der Waals surface area contributed by atoms with Gasteiger partial charge in [0.05, 0.1) is 5.69 Å². The van der Waals surface area contributed by atoms with Crippen LogP contribution >= 0.6 is 0 Å². The minimum Gasteiger partial charge on any atom is -0.456 e. The molecular formula is C60H46N2O. The van der Waals surface area contributed by atoms with Crippen LogP contribution in [0, 0.1) is 0 Å². The lowest BCUT2D eigenvalue weighted by atomic mass is 9.79. The largest absolute Gasteiger partial charge is 0.456 e. The van der Waals surface area contributed by atoms with Crippen molar-refractivity contribution in [3.05, 3.63) is 229 Å². The molecule has 0 aliphatic heterocycles. The number of fused-ring (bicyclic) bond motifs is 9. The molecule has 0 saturated carbocycles. The van der Waals surface area contributed by atoms with Crippen LogP contribution in [0.4, 0.5) is 34.1 Å². The summed E-state index contributed by atoms with van der Waals surface area (Å²) in [5.74, 6) is 0. The van der Waals surface area contributed by atoms with Crippen LogP contribution in [0.5, 0.6) is 0 Å². The van der Waals surface area contributed by atoms with Crippen LogP contribution in [-0.2, 0) is 10.8 Å². The third-order valence-corrected chi connectivity index (χ3v) is 13.8. The van der Waals surface area contributed by atoms with E-state index >= 15 is 0 Å². The third kappa shape index (κ3) is 5.66. The van der Waals surface area contributed by atoms with Gasteiger partial charge in [0, 0.05) is 61.7 Å². The molecule has 0 atom stereocenters. The SMILES string of the molecule is CC1(C)c2ccccc2-c2c(N(c3ccccc3)c3ccccc3)cc(N(c3ccc(-c4cccc5c4C(C)(C)c4ccccc4-5)cc3)c3ccc4c(c3)oc3ccccc34)cc21. The van der Waals surface area contributed by atoms with E-state index in [0.717, 1.165) is 56.1 Å². The average molecular weight is 811 g/mol. The van der Waals surface area contributed by atoms with Crippen molar-refractivity contribution in [3.63, 3.8) is 0 Å². The monoisotopic (exact) mass is 810 g/mol. The molecule has 1 heterocycles. The van der Waals surface area contributed by atoms with E-state index in [9.17, 15) is 0 Å². The van der Waals surface area contributed by atoms with Crippen molar-refractivity contribution in [3.8, 4) is 33.4 Å². The van der Waals surface area contributed by atoms with Crippen molar-refractivity contribution >= 4 is 56.1 Å². The number of nitrogens with zero attached hydrogens (tertiary/aromatic N) is 2. The van der Waals surface area contributed by atoms with Crippen LogP contribution in [0.25, 0.3) is 55.3 Å². The van der Waals surface area contributed by atoms with Crippen molar-refractivity contribution in [1.82, 2.24) is 0 Å². The topological polar surface area (TPSA) is 19.6 Å². The quantitative estimate of drug-likeness (QED) is 0.160. The van der Waals surface area contributed by atoms with Gasteiger partial charge in [-0.3, -0.25) is 0 Å². The maximum atomic E-state index is 6.57. The van der Waals surface area contributed by atoms with E-state index in [1.165, 1.54) is 55.6 Å². The Morgan fingerprint density at radius 2 is 0.905 bits per heavy atom. The predicted molar refractivity (Wildman–Crippen MR) is 264 cm³/mol. The smallest absolute Gasteiger partial charge is 0.137 e. The normalized spacial score (nSPS) is 14.0. The Labute approximate surface area is 369 Å². The van der Waals surface area contributed by atoms with Crippen molar-refractivity contribution in [2.75, 3.05) is 9.80 Å². The lowest BCUT2D eigenvalue weighted by Gasteiger charge is -2.33. The number of furan rings is 1. The van der Waals surface area contributed by atoms with Gasteiger partial charge < -0.3 is 14.2 Å². The zero-order valence-corrected chi connectivity index (χ0v) is 35.9. The molecule has 63 heavy (non-hydrogen) atoms. The minimum absolute atomic E-state index is 0.121. The van der Waals surface area contributed by atoms with Gasteiger partial charge in [0.1, 0.15) is 11.2 Å². The molecule has 0 fully saturated rings. The van der Waals surface area contributed by atoms with Gasteiger partial charge >= 0.3 is 0 Å². The van der Waals surface area contributed by atoms with Gasteiger partial charge in [-0.05, 0) is 117 Å². The maximum absolute atomic E-state index is 6.57. The summed E-state index contributed by atoms with van der Waals surface area (Å²) in [4.78, 5) is 4.85. The first-order chi connectivity index (χ1) is 30.8. The van der Waals surface area contributed by atoms with E-state index in [0.29, 0.717) is 0 Å². The van der Waals surface area contributed by atoms with E-state index in [2.05, 4.69) is 238 Å². The Morgan fingerprint density at radius 3 is 1.63 bits per heavy atom. The fourth-order valence-corrected chi connectivity index (χ4v) is 10.8. The first-order valence-electron chi connectivity index (χ1n) is 22.0. The molecule has 302 valence electrons. The molecule has 0 bridgehead atoms. The molecule has 9 aromatic carbocycles. The zero-order valence-electron chi connectivity index (χ0n) is 35.9. The minimum atomic E-state index is -0.258. The number of para-hydroxylation sites is 3. The van der Waals surface area contributed by atoms with Gasteiger partial charge in [-0.2, -0.15) is 0 Å². The van der Waals surface area contributed by atoms with Crippen LogP contribution in [0.2, 0.25) is 0 Å². The summed E-state index contributed by atoms with van der Waals surface area (Å²) in [6.07, 6.45) is 0. The van der Waals surface area contributed by atoms with Crippen molar-refractivity contribution in [1.29, 1.82) is 0 Å². The first kappa shape index (κ1) is 37.2. The molecule has 0 spiro atoms. The molecule has 3 nitrogen and oxygen atoms in total. The van der Waals surface area contributed by atoms with Crippen LogP contribution in [0.1, 0.15) is 49.9 Å². The molecule has 0 radical (unpaired) electrons. The van der Waals surface area contributed by atoms with Gasteiger partial charge in [0.15, 0.2) is 0 Å². The molecule has 0 N–H and O–H groups in total. The Morgan fingerprint density at radius 1 is 0.349 bits per heavy atom. The molecule has 0 saturated heterocycles. The molecule has 2 aliphatic carbocycles. The summed E-state index contributed by atoms with van der Waals surface area (Å²) in [6, 6.07) is 75.3. The molecular weight excluding hydrogens is 765 g/mol. The van der Waals surface area contributed by atoms with Gasteiger partial charge in [-0.15, -0.1) is 0 Å². The Kier molecular flexibility index (Phi) is 8.23. The van der Waals surface area contributed by atoms with Gasteiger partial charge in [-0.25, -0.2) is 0 Å². The van der Waals surface area contributed by atoms with E-state index in [4.69, 9.17) is 4.42 Å². The predicted octanol–water partition coefficient (Wildman–Crippen LogP) is 16.8. The fraction of sp³-hybridized carbons (Fsp3) is 0.100. The Balaban J connectivity index is 1.09. The van der Waals surface area contributed by atoms with E-state index in [1.807, 2.05) is 6.07 Å². The molecule has 2 aliphatic rings. The van der Waals surface area contributed by atoms with Gasteiger partial charge in [0.2, 0.25) is 0 Å². The third-order valence-electron chi connectivity index (χ3n) is 13.8. The van der Waals surface area contributed by atoms with E-state index in [-0.39, 0.29) is 10.8 Å². The molecule has 0 unspecified atom stereocenters. The number of anilines is 6. The van der Waals surface area contributed by atoms with Crippen molar-refractivity contribution in [2.24, 2.45) is 0 Å². The first-order valence-corrected chi connectivity index (χ1v) is 22.0. The summed E-state index contributed by atoms with van der Waals surface area (Å²) in [7, 11) is 0. The molecule has 1 aromatic heterocycles. The lowest BCUT2D eigenvalue weighted by molar-refractivity contribution is 0.660. The molecule has 0 amide bonds. The fourth-order valence-electron chi connectivity index (χ4n) is 10.8. The zero-order chi connectivity index (χ0) is 42.5. The Bertz CT molecular complexity index is 3360. The summed E-state index contributed by atoms with van der Waals surface area (Å²) >= 11 is 0. The molecule has 3 heteroatoms. The summed E-state index contributed by atoms with van der Waals surface area (Å²) in [5, 5.41) is 2.23. The summed E-state index contributed by atoms with van der Waals surface area (Å²) < 4.78 is 6.57. The maximum Gasteiger partial charge on any atom is 0.137 e. The highest BCUT2D eigenvalue weighted by atomic mass is 16.3. The summed E-state index contributed by atoms with van der Waals surface area (Å²) in [6.45, 7) is 9.48. The number of benzene rings is 9. The second kappa shape index (κ2) is 14.0. The number of rotatable bonds is 7. The highest BCUT2D eigenvalue weighted by Gasteiger charge is 2.40. The lowest BCUT2D eigenvalue weighted by Crippen LogP contribution is -2.18. The van der Waals surface area contributed by atoms with Gasteiger partial charge in [0.25, 0.3) is 0 Å². The highest BCUT2D eigenvalue weighted by molar-refractivity contribution is 6.06. The average Bonchev–Trinajstić information content (AvgIpc) is 3.89. The van der Waals surface area contributed by atoms with Crippen LogP contribution in [-0.4, -0.2) is 0 Å². The van der Waals surface area contributed by atoms with Crippen LogP contribution in [0.15, 0.2) is 211 Å². The van der Waals surface area contributed by atoms with E-state index < -0.39 is 0 Å². The second-order valence-electron chi connectivity index (χ2n) is 18.1. The second-order valence-corrected chi connectivity index (χ2v) is 18.1. The van der Waals surface area contributed by atoms with Crippen molar-refractivity contribution < 1.29 is 4.42 Å². The number of hydrogen-bond acceptors (Lipinski definition) is 3. The highest BCUT2D eigenvalue weighted by Crippen LogP contribution is 2.57. The Hall–Kier alpha value is -7.62.